The summed E-state index contributed by atoms with van der Waals surface area (Å²) in [6.07, 6.45) is 3.91. The molecule has 0 unspecified atom stereocenters. The summed E-state index contributed by atoms with van der Waals surface area (Å²) in [6, 6.07) is 0. The molecule has 0 saturated carbocycles. The molecular weight excluding hydrogens is 292 g/mol. The summed E-state index contributed by atoms with van der Waals surface area (Å²) < 4.78 is 0. The highest BCUT2D eigenvalue weighted by molar-refractivity contribution is 5.63. The Morgan fingerprint density at radius 1 is 0.909 bits per heavy atom. The van der Waals surface area contributed by atoms with E-state index < -0.39 is 17.9 Å². The Bertz CT molecular complexity index is 242. The van der Waals surface area contributed by atoms with E-state index in [4.69, 9.17) is 29.7 Å². The van der Waals surface area contributed by atoms with Crippen molar-refractivity contribution in [2.24, 2.45) is 4.99 Å². The van der Waals surface area contributed by atoms with Crippen molar-refractivity contribution in [1.82, 2.24) is 5.32 Å². The van der Waals surface area contributed by atoms with Crippen LogP contribution in [0.1, 0.15) is 47.0 Å². The topological polar surface area (TPSA) is 136 Å². The van der Waals surface area contributed by atoms with Crippen LogP contribution in [0.2, 0.25) is 0 Å². The first-order valence-corrected chi connectivity index (χ1v) is 6.83. The molecule has 0 rings (SSSR count). The first kappa shape index (κ1) is 28.2. The number of nitrogens with zero attached hydrogens (tertiary/aromatic N) is 1. The first-order chi connectivity index (χ1) is 10.1. The molecule has 8 nitrogen and oxygen atoms in total. The van der Waals surface area contributed by atoms with Crippen LogP contribution in [-0.4, -0.2) is 59.6 Å². The molecule has 0 aliphatic rings. The molecule has 0 atom stereocenters. The SMILES string of the molecule is C=NCCNCCCCC.CC(=O)O.CC(=O)O.CC(=O)O. The Labute approximate surface area is 132 Å². The summed E-state index contributed by atoms with van der Waals surface area (Å²) in [5.74, 6) is -2.50. The molecular formula is C14H30N2O6. The van der Waals surface area contributed by atoms with Crippen molar-refractivity contribution in [2.45, 2.75) is 47.0 Å². The van der Waals surface area contributed by atoms with E-state index in [-0.39, 0.29) is 0 Å². The monoisotopic (exact) mass is 322 g/mol. The number of aliphatic carboxylic acids is 3. The van der Waals surface area contributed by atoms with E-state index in [2.05, 4.69) is 24.0 Å². The summed E-state index contributed by atoms with van der Waals surface area (Å²) in [7, 11) is 0. The van der Waals surface area contributed by atoms with Gasteiger partial charge in [-0.2, -0.15) is 0 Å². The van der Waals surface area contributed by atoms with Crippen molar-refractivity contribution in [3.8, 4) is 0 Å². The van der Waals surface area contributed by atoms with Crippen molar-refractivity contribution in [2.75, 3.05) is 19.6 Å². The number of hydrogen-bond donors (Lipinski definition) is 4. The van der Waals surface area contributed by atoms with Crippen LogP contribution in [-0.2, 0) is 14.4 Å². The number of carboxylic acids is 3. The summed E-state index contributed by atoms with van der Waals surface area (Å²) >= 11 is 0. The molecule has 8 heteroatoms. The highest BCUT2D eigenvalue weighted by atomic mass is 16.4. The fraction of sp³-hybridized carbons (Fsp3) is 0.714. The quantitative estimate of drug-likeness (QED) is 0.414. The van der Waals surface area contributed by atoms with Crippen molar-refractivity contribution < 1.29 is 29.7 Å². The maximum atomic E-state index is 9.00. The number of aliphatic imine (C=N–C) groups is 1. The van der Waals surface area contributed by atoms with Crippen LogP contribution in [0.25, 0.3) is 0 Å². The number of hydrogen-bond acceptors (Lipinski definition) is 5. The van der Waals surface area contributed by atoms with Gasteiger partial charge in [-0.15, -0.1) is 0 Å². The Morgan fingerprint density at radius 3 is 1.55 bits per heavy atom. The van der Waals surface area contributed by atoms with E-state index in [1.807, 2.05) is 0 Å². The first-order valence-electron chi connectivity index (χ1n) is 6.83. The van der Waals surface area contributed by atoms with Gasteiger partial charge in [0.25, 0.3) is 17.9 Å². The molecule has 0 spiro atoms. The van der Waals surface area contributed by atoms with Crippen molar-refractivity contribution in [1.29, 1.82) is 0 Å². The molecule has 132 valence electrons. The molecule has 4 N–H and O–H groups in total. The molecule has 0 amide bonds. The average Bonchev–Trinajstić information content (AvgIpc) is 2.31. The van der Waals surface area contributed by atoms with Gasteiger partial charge in [0.05, 0.1) is 6.54 Å². The van der Waals surface area contributed by atoms with Crippen LogP contribution < -0.4 is 5.32 Å². The predicted molar refractivity (Wildman–Crippen MR) is 86.7 cm³/mol. The van der Waals surface area contributed by atoms with E-state index in [1.54, 1.807) is 0 Å². The zero-order chi connectivity index (χ0) is 18.4. The van der Waals surface area contributed by atoms with Gasteiger partial charge in [0.2, 0.25) is 0 Å². The Morgan fingerprint density at radius 2 is 1.27 bits per heavy atom. The lowest BCUT2D eigenvalue weighted by Crippen LogP contribution is -2.18. The average molecular weight is 322 g/mol. The Kier molecular flexibility index (Phi) is 35.2. The van der Waals surface area contributed by atoms with Gasteiger partial charge in [-0.3, -0.25) is 19.4 Å². The van der Waals surface area contributed by atoms with Crippen molar-refractivity contribution >= 4 is 24.6 Å². The summed E-state index contributed by atoms with van der Waals surface area (Å²) in [6.45, 7) is 11.8. The van der Waals surface area contributed by atoms with E-state index >= 15 is 0 Å². The smallest absolute Gasteiger partial charge is 0.300 e. The largest absolute Gasteiger partial charge is 0.481 e. The number of rotatable bonds is 7. The van der Waals surface area contributed by atoms with Crippen LogP contribution in [0, 0.1) is 0 Å². The standard InChI is InChI=1S/C8H18N2.3C2H4O2/c1-3-4-5-6-10-8-7-9-2;3*1-2(3)4/h10H,2-8H2,1H3;3*1H3,(H,3,4). The number of nitrogens with one attached hydrogen (secondary N) is 1. The molecule has 0 aromatic rings. The summed E-state index contributed by atoms with van der Waals surface area (Å²) in [5.41, 5.74) is 0. The van der Waals surface area contributed by atoms with Gasteiger partial charge in [-0.25, -0.2) is 0 Å². The van der Waals surface area contributed by atoms with Crippen LogP contribution in [0.5, 0.6) is 0 Å². The minimum atomic E-state index is -0.833. The van der Waals surface area contributed by atoms with Gasteiger partial charge in [0, 0.05) is 27.3 Å². The van der Waals surface area contributed by atoms with Gasteiger partial charge in [-0.05, 0) is 19.7 Å². The highest BCUT2D eigenvalue weighted by Crippen LogP contribution is 1.90. The maximum absolute atomic E-state index is 9.00. The molecule has 0 aromatic heterocycles. The van der Waals surface area contributed by atoms with Crippen LogP contribution >= 0.6 is 0 Å². The molecule has 0 fully saturated rings. The van der Waals surface area contributed by atoms with Gasteiger partial charge in [0.1, 0.15) is 0 Å². The van der Waals surface area contributed by atoms with Crippen LogP contribution in [0.4, 0.5) is 0 Å². The van der Waals surface area contributed by atoms with Crippen LogP contribution in [0.15, 0.2) is 4.99 Å². The number of unbranched alkanes of at least 4 members (excludes halogenated alkanes) is 2. The van der Waals surface area contributed by atoms with Crippen LogP contribution in [0.3, 0.4) is 0 Å². The minimum Gasteiger partial charge on any atom is -0.481 e. The van der Waals surface area contributed by atoms with Gasteiger partial charge in [-0.1, -0.05) is 19.8 Å². The highest BCUT2D eigenvalue weighted by Gasteiger charge is 1.84. The van der Waals surface area contributed by atoms with Gasteiger partial charge < -0.3 is 20.6 Å². The Balaban J connectivity index is -0.000000112. The molecule has 22 heavy (non-hydrogen) atoms. The van der Waals surface area contributed by atoms with E-state index in [9.17, 15) is 0 Å². The third-order valence-corrected chi connectivity index (χ3v) is 1.40. The Hall–Kier alpha value is -1.96. The normalized spacial score (nSPS) is 7.82. The molecule has 0 aliphatic carbocycles. The second kappa shape index (κ2) is 27.4. The van der Waals surface area contributed by atoms with Gasteiger partial charge >= 0.3 is 0 Å². The number of carbonyl (C=O) groups is 3. The zero-order valence-corrected chi connectivity index (χ0v) is 14.0. The van der Waals surface area contributed by atoms with E-state index in [0.29, 0.717) is 0 Å². The third kappa shape index (κ3) is 206. The molecule has 0 heterocycles. The van der Waals surface area contributed by atoms with Crippen molar-refractivity contribution in [3.63, 3.8) is 0 Å². The lowest BCUT2D eigenvalue weighted by Gasteiger charge is -1.99. The summed E-state index contributed by atoms with van der Waals surface area (Å²) in [4.78, 5) is 30.7. The zero-order valence-electron chi connectivity index (χ0n) is 14.0. The van der Waals surface area contributed by atoms with E-state index in [1.165, 1.54) is 19.3 Å². The molecule has 0 saturated heterocycles. The molecule has 0 aliphatic heterocycles. The van der Waals surface area contributed by atoms with Gasteiger partial charge in [0.15, 0.2) is 0 Å². The fourth-order valence-electron chi connectivity index (χ4n) is 0.783. The predicted octanol–water partition coefficient (Wildman–Crippen LogP) is 1.74. The van der Waals surface area contributed by atoms with Crippen molar-refractivity contribution in [3.05, 3.63) is 0 Å². The summed E-state index contributed by atoms with van der Waals surface area (Å²) in [5, 5.41) is 25.5. The minimum absolute atomic E-state index is 0.833. The lowest BCUT2D eigenvalue weighted by atomic mass is 10.2. The molecule has 0 bridgehead atoms. The second-order valence-corrected chi connectivity index (χ2v) is 3.96. The lowest BCUT2D eigenvalue weighted by molar-refractivity contribution is -0.135. The molecule has 0 aromatic carbocycles. The third-order valence-electron chi connectivity index (χ3n) is 1.40. The second-order valence-electron chi connectivity index (χ2n) is 3.96. The molecule has 0 radical (unpaired) electrons. The van der Waals surface area contributed by atoms with E-state index in [0.717, 1.165) is 40.4 Å². The fourth-order valence-corrected chi connectivity index (χ4v) is 0.783. The number of carboxylic acid groups (broad SMARTS) is 3. The maximum Gasteiger partial charge on any atom is 0.300 e.